The first-order valence-electron chi connectivity index (χ1n) is 4.22. The monoisotopic (exact) mass is 257 g/mol. The summed E-state index contributed by atoms with van der Waals surface area (Å²) in [5.41, 5.74) is 0.489. The number of nitrogens with zero attached hydrogens (tertiary/aromatic N) is 1. The van der Waals surface area contributed by atoms with Crippen LogP contribution in [0.15, 0.2) is 22.5 Å². The highest BCUT2D eigenvalue weighted by molar-refractivity contribution is 7.92. The van der Waals surface area contributed by atoms with Gasteiger partial charge in [-0.2, -0.15) is 0 Å². The third kappa shape index (κ3) is 1.91. The third-order valence-corrected chi connectivity index (χ3v) is 4.65. The molecule has 0 spiro atoms. The number of aromatic nitrogens is 1. The Kier molecular flexibility index (Phi) is 2.43. The molecule has 1 heterocycles. The Morgan fingerprint density at radius 1 is 1.44 bits per heavy atom. The molecular weight excluding hydrogens is 250 g/mol. The van der Waals surface area contributed by atoms with Gasteiger partial charge in [0.15, 0.2) is 0 Å². The first-order chi connectivity index (χ1) is 7.38. The molecule has 0 bridgehead atoms. The van der Waals surface area contributed by atoms with E-state index < -0.39 is 15.8 Å². The molecule has 0 unspecified atom stereocenters. The number of sulfone groups is 1. The van der Waals surface area contributed by atoms with Crippen molar-refractivity contribution in [1.29, 1.82) is 0 Å². The number of carboxylic acids is 1. The SMILES string of the molecule is CS(=O)(=O)c1nc2cc(C(=O)O)ccc2s1. The maximum atomic E-state index is 11.3. The van der Waals surface area contributed by atoms with Crippen molar-refractivity contribution in [2.24, 2.45) is 0 Å². The lowest BCUT2D eigenvalue weighted by Crippen LogP contribution is -1.96. The van der Waals surface area contributed by atoms with Gasteiger partial charge in [0.25, 0.3) is 0 Å². The van der Waals surface area contributed by atoms with Crippen LogP contribution >= 0.6 is 11.3 Å². The van der Waals surface area contributed by atoms with Crippen LogP contribution in [0.3, 0.4) is 0 Å². The summed E-state index contributed by atoms with van der Waals surface area (Å²) in [5.74, 6) is -1.06. The van der Waals surface area contributed by atoms with E-state index in [-0.39, 0.29) is 9.90 Å². The van der Waals surface area contributed by atoms with E-state index in [1.54, 1.807) is 6.07 Å². The van der Waals surface area contributed by atoms with Gasteiger partial charge in [-0.15, -0.1) is 11.3 Å². The van der Waals surface area contributed by atoms with Gasteiger partial charge in [0.2, 0.25) is 14.2 Å². The Morgan fingerprint density at radius 3 is 2.69 bits per heavy atom. The summed E-state index contributed by atoms with van der Waals surface area (Å²) in [7, 11) is -3.34. The molecule has 1 aromatic heterocycles. The van der Waals surface area contributed by atoms with E-state index in [0.29, 0.717) is 10.2 Å². The largest absolute Gasteiger partial charge is 0.478 e. The molecule has 16 heavy (non-hydrogen) atoms. The van der Waals surface area contributed by atoms with Crippen LogP contribution in [0, 0.1) is 0 Å². The van der Waals surface area contributed by atoms with Crippen LogP contribution < -0.4 is 0 Å². The normalized spacial score (nSPS) is 11.8. The van der Waals surface area contributed by atoms with Crippen molar-refractivity contribution in [3.8, 4) is 0 Å². The quantitative estimate of drug-likeness (QED) is 0.879. The average Bonchev–Trinajstić information content (AvgIpc) is 2.58. The zero-order valence-electron chi connectivity index (χ0n) is 8.17. The lowest BCUT2D eigenvalue weighted by Gasteiger charge is -1.91. The maximum absolute atomic E-state index is 11.3. The molecule has 0 aliphatic rings. The molecule has 0 aliphatic heterocycles. The number of rotatable bonds is 2. The molecule has 0 aliphatic carbocycles. The molecule has 0 radical (unpaired) electrons. The van der Waals surface area contributed by atoms with E-state index >= 15 is 0 Å². The highest BCUT2D eigenvalue weighted by Gasteiger charge is 2.14. The predicted molar refractivity (Wildman–Crippen MR) is 59.7 cm³/mol. The Balaban J connectivity index is 2.68. The Hall–Kier alpha value is -1.47. The number of aromatic carboxylic acids is 1. The lowest BCUT2D eigenvalue weighted by atomic mass is 10.2. The summed E-state index contributed by atoms with van der Waals surface area (Å²) in [5, 5.41) is 8.77. The Labute approximate surface area is 95.3 Å². The molecule has 2 rings (SSSR count). The molecule has 2 aromatic rings. The van der Waals surface area contributed by atoms with E-state index in [2.05, 4.69) is 4.98 Å². The molecule has 0 atom stereocenters. The molecule has 0 saturated heterocycles. The van der Waals surface area contributed by atoms with E-state index in [9.17, 15) is 13.2 Å². The fourth-order valence-corrected chi connectivity index (χ4v) is 3.01. The molecule has 0 fully saturated rings. The van der Waals surface area contributed by atoms with Gasteiger partial charge >= 0.3 is 5.97 Å². The van der Waals surface area contributed by atoms with Gasteiger partial charge in [-0.25, -0.2) is 18.2 Å². The Bertz CT molecular complexity index is 672. The molecule has 7 heteroatoms. The minimum Gasteiger partial charge on any atom is -0.478 e. The van der Waals surface area contributed by atoms with Gasteiger partial charge < -0.3 is 5.11 Å². The van der Waals surface area contributed by atoms with Gasteiger partial charge in [-0.1, -0.05) is 0 Å². The van der Waals surface area contributed by atoms with Crippen LogP contribution in [0.25, 0.3) is 10.2 Å². The highest BCUT2D eigenvalue weighted by Crippen LogP contribution is 2.26. The second-order valence-electron chi connectivity index (χ2n) is 3.24. The van der Waals surface area contributed by atoms with Gasteiger partial charge in [0.1, 0.15) is 0 Å². The summed E-state index contributed by atoms with van der Waals surface area (Å²) in [6.07, 6.45) is 1.07. The molecule has 5 nitrogen and oxygen atoms in total. The van der Waals surface area contributed by atoms with Crippen LogP contribution in [0.2, 0.25) is 0 Å². The fourth-order valence-electron chi connectivity index (χ4n) is 1.20. The lowest BCUT2D eigenvalue weighted by molar-refractivity contribution is 0.0697. The molecule has 1 aromatic carbocycles. The van der Waals surface area contributed by atoms with Gasteiger partial charge in [0.05, 0.1) is 15.8 Å². The number of carboxylic acid groups (broad SMARTS) is 1. The van der Waals surface area contributed by atoms with E-state index in [1.807, 2.05) is 0 Å². The predicted octanol–water partition coefficient (Wildman–Crippen LogP) is 1.40. The molecule has 84 valence electrons. The van der Waals surface area contributed by atoms with E-state index in [4.69, 9.17) is 5.11 Å². The topological polar surface area (TPSA) is 84.3 Å². The number of hydrogen-bond donors (Lipinski definition) is 1. The summed E-state index contributed by atoms with van der Waals surface area (Å²) >= 11 is 1.03. The number of hydrogen-bond acceptors (Lipinski definition) is 5. The summed E-state index contributed by atoms with van der Waals surface area (Å²) in [6, 6.07) is 4.35. The standard InChI is InChI=1S/C9H7NO4S2/c1-16(13,14)9-10-6-4-5(8(11)12)2-3-7(6)15-9/h2-4H,1H3,(H,11,12). The van der Waals surface area contributed by atoms with Crippen LogP contribution in [-0.2, 0) is 9.84 Å². The zero-order chi connectivity index (χ0) is 11.9. The minimum atomic E-state index is -3.34. The van der Waals surface area contributed by atoms with Crippen molar-refractivity contribution in [2.45, 2.75) is 4.34 Å². The van der Waals surface area contributed by atoms with Crippen molar-refractivity contribution in [3.05, 3.63) is 23.8 Å². The van der Waals surface area contributed by atoms with Crippen molar-refractivity contribution in [3.63, 3.8) is 0 Å². The fraction of sp³-hybridized carbons (Fsp3) is 0.111. The van der Waals surface area contributed by atoms with Crippen molar-refractivity contribution < 1.29 is 18.3 Å². The average molecular weight is 257 g/mol. The molecule has 1 N–H and O–H groups in total. The third-order valence-electron chi connectivity index (χ3n) is 1.93. The molecule has 0 amide bonds. The number of thiazole rings is 1. The maximum Gasteiger partial charge on any atom is 0.335 e. The molecular formula is C9H7NO4S2. The van der Waals surface area contributed by atoms with Crippen molar-refractivity contribution in [1.82, 2.24) is 4.98 Å². The first kappa shape index (κ1) is 11.0. The second kappa shape index (κ2) is 3.53. The first-order valence-corrected chi connectivity index (χ1v) is 6.92. The van der Waals surface area contributed by atoms with Gasteiger partial charge in [-0.05, 0) is 18.2 Å². The van der Waals surface area contributed by atoms with Crippen molar-refractivity contribution in [2.75, 3.05) is 6.26 Å². The summed E-state index contributed by atoms with van der Waals surface area (Å²) < 4.78 is 23.2. The van der Waals surface area contributed by atoms with Crippen LogP contribution in [0.4, 0.5) is 0 Å². The van der Waals surface area contributed by atoms with E-state index in [0.717, 1.165) is 17.6 Å². The number of fused-ring (bicyclic) bond motifs is 1. The number of benzene rings is 1. The van der Waals surface area contributed by atoms with Gasteiger partial charge in [0, 0.05) is 6.26 Å². The smallest absolute Gasteiger partial charge is 0.335 e. The minimum absolute atomic E-state index is 0.00467. The van der Waals surface area contributed by atoms with Crippen LogP contribution in [0.1, 0.15) is 10.4 Å². The Morgan fingerprint density at radius 2 is 2.12 bits per heavy atom. The summed E-state index contributed by atoms with van der Waals surface area (Å²) in [6.45, 7) is 0. The van der Waals surface area contributed by atoms with Gasteiger partial charge in [-0.3, -0.25) is 0 Å². The summed E-state index contributed by atoms with van der Waals surface area (Å²) in [4.78, 5) is 14.6. The highest BCUT2D eigenvalue weighted by atomic mass is 32.2. The van der Waals surface area contributed by atoms with Crippen LogP contribution in [0.5, 0.6) is 0 Å². The number of carbonyl (C=O) groups is 1. The second-order valence-corrected chi connectivity index (χ2v) is 6.46. The van der Waals surface area contributed by atoms with Crippen molar-refractivity contribution >= 4 is 37.4 Å². The zero-order valence-corrected chi connectivity index (χ0v) is 9.80. The van der Waals surface area contributed by atoms with Crippen LogP contribution in [-0.4, -0.2) is 30.7 Å². The molecule has 0 saturated carbocycles. The van der Waals surface area contributed by atoms with E-state index in [1.165, 1.54) is 12.1 Å².